The van der Waals surface area contributed by atoms with E-state index in [1.54, 1.807) is 6.07 Å². The molecule has 16 heavy (non-hydrogen) atoms. The lowest BCUT2D eigenvalue weighted by molar-refractivity contribution is 0.421. The van der Waals surface area contributed by atoms with Crippen LogP contribution in [-0.4, -0.2) is 4.57 Å². The van der Waals surface area contributed by atoms with E-state index in [0.717, 1.165) is 10.0 Å². The molecular formula is C11H10BrNO3. The van der Waals surface area contributed by atoms with E-state index in [1.165, 1.54) is 4.57 Å². The second-order valence-electron chi connectivity index (χ2n) is 3.52. The van der Waals surface area contributed by atoms with Crippen LogP contribution < -0.4 is 11.4 Å². The van der Waals surface area contributed by atoms with Gasteiger partial charge in [0.05, 0.1) is 10.9 Å². The van der Waals surface area contributed by atoms with Crippen LogP contribution in [0.4, 0.5) is 0 Å². The summed E-state index contributed by atoms with van der Waals surface area (Å²) in [7, 11) is 0. The maximum absolute atomic E-state index is 11.6. The minimum Gasteiger partial charge on any atom is -0.372 e. The molecule has 0 saturated heterocycles. The van der Waals surface area contributed by atoms with E-state index >= 15 is 0 Å². The lowest BCUT2D eigenvalue weighted by Crippen LogP contribution is -2.24. The Kier molecular flexibility index (Phi) is 2.71. The standard InChI is InChI=1S/C11H10BrNO3/c1-3-13-9-6(2)4-7(12)5-8(9)10(14)16-11(13)15/h4-5H,3H2,1-2H3. The van der Waals surface area contributed by atoms with E-state index in [2.05, 4.69) is 20.3 Å². The van der Waals surface area contributed by atoms with Crippen LogP contribution in [0.2, 0.25) is 0 Å². The molecule has 4 nitrogen and oxygen atoms in total. The number of nitrogens with zero attached hydrogens (tertiary/aromatic N) is 1. The molecule has 0 unspecified atom stereocenters. The summed E-state index contributed by atoms with van der Waals surface area (Å²) in [5.74, 6) is -0.606. The zero-order valence-corrected chi connectivity index (χ0v) is 10.5. The first kappa shape index (κ1) is 11.1. The van der Waals surface area contributed by atoms with Crippen molar-refractivity contribution >= 4 is 26.8 Å². The highest BCUT2D eigenvalue weighted by Gasteiger charge is 2.11. The molecule has 0 aliphatic rings. The molecule has 2 aromatic rings. The average molecular weight is 284 g/mol. The maximum atomic E-state index is 11.6. The normalized spacial score (nSPS) is 10.9. The SMILES string of the molecule is CCn1c(=O)oc(=O)c2cc(Br)cc(C)c21. The first-order valence-corrected chi connectivity index (χ1v) is 5.67. The van der Waals surface area contributed by atoms with Gasteiger partial charge in [0.2, 0.25) is 0 Å². The predicted molar refractivity (Wildman–Crippen MR) is 64.9 cm³/mol. The van der Waals surface area contributed by atoms with Crippen LogP contribution in [-0.2, 0) is 6.54 Å². The molecule has 2 rings (SSSR count). The molecule has 0 atom stereocenters. The van der Waals surface area contributed by atoms with Gasteiger partial charge in [-0.25, -0.2) is 9.59 Å². The van der Waals surface area contributed by atoms with Crippen LogP contribution in [0.1, 0.15) is 12.5 Å². The van der Waals surface area contributed by atoms with Crippen LogP contribution in [0.15, 0.2) is 30.6 Å². The maximum Gasteiger partial charge on any atom is 0.422 e. The van der Waals surface area contributed by atoms with Crippen molar-refractivity contribution in [3.8, 4) is 0 Å². The van der Waals surface area contributed by atoms with Crippen LogP contribution in [0.5, 0.6) is 0 Å². The van der Waals surface area contributed by atoms with Gasteiger partial charge < -0.3 is 4.42 Å². The van der Waals surface area contributed by atoms with E-state index in [0.29, 0.717) is 17.4 Å². The number of hydrogen-bond donors (Lipinski definition) is 0. The van der Waals surface area contributed by atoms with Gasteiger partial charge in [-0.15, -0.1) is 0 Å². The van der Waals surface area contributed by atoms with Gasteiger partial charge in [-0.2, -0.15) is 0 Å². The zero-order valence-electron chi connectivity index (χ0n) is 8.91. The summed E-state index contributed by atoms with van der Waals surface area (Å²) in [5, 5.41) is 0.424. The summed E-state index contributed by atoms with van der Waals surface area (Å²) in [6, 6.07) is 3.53. The van der Waals surface area contributed by atoms with Gasteiger partial charge in [0, 0.05) is 11.0 Å². The molecule has 0 bridgehead atoms. The fraction of sp³-hybridized carbons (Fsp3) is 0.273. The molecule has 0 fully saturated rings. The molecule has 0 aliphatic carbocycles. The van der Waals surface area contributed by atoms with Crippen molar-refractivity contribution in [1.29, 1.82) is 0 Å². The fourth-order valence-corrected chi connectivity index (χ4v) is 2.39. The zero-order chi connectivity index (χ0) is 11.9. The molecule has 1 aromatic carbocycles. The molecule has 1 heterocycles. The number of halogens is 1. The Morgan fingerprint density at radius 3 is 2.69 bits per heavy atom. The Morgan fingerprint density at radius 2 is 2.06 bits per heavy atom. The minimum absolute atomic E-state index is 0.424. The smallest absolute Gasteiger partial charge is 0.372 e. The van der Waals surface area contributed by atoms with Crippen molar-refractivity contribution in [3.05, 3.63) is 43.1 Å². The number of fused-ring (bicyclic) bond motifs is 1. The van der Waals surface area contributed by atoms with E-state index in [1.807, 2.05) is 19.9 Å². The number of hydrogen-bond acceptors (Lipinski definition) is 3. The van der Waals surface area contributed by atoms with Crippen molar-refractivity contribution in [2.45, 2.75) is 20.4 Å². The van der Waals surface area contributed by atoms with Gasteiger partial charge in [-0.3, -0.25) is 4.57 Å². The topological polar surface area (TPSA) is 52.2 Å². The van der Waals surface area contributed by atoms with Crippen molar-refractivity contribution in [2.24, 2.45) is 0 Å². The number of rotatable bonds is 1. The highest BCUT2D eigenvalue weighted by molar-refractivity contribution is 9.10. The third-order valence-corrected chi connectivity index (χ3v) is 2.93. The molecule has 1 aromatic heterocycles. The van der Waals surface area contributed by atoms with Gasteiger partial charge >= 0.3 is 11.4 Å². The second kappa shape index (κ2) is 3.90. The van der Waals surface area contributed by atoms with Gasteiger partial charge in [0.25, 0.3) is 0 Å². The van der Waals surface area contributed by atoms with Gasteiger partial charge in [-0.05, 0) is 31.5 Å². The fourth-order valence-electron chi connectivity index (χ4n) is 1.82. The van der Waals surface area contributed by atoms with Gasteiger partial charge in [0.15, 0.2) is 0 Å². The Balaban J connectivity index is 3.12. The lowest BCUT2D eigenvalue weighted by atomic mass is 10.1. The molecule has 0 radical (unpaired) electrons. The molecule has 0 aliphatic heterocycles. The lowest BCUT2D eigenvalue weighted by Gasteiger charge is -2.08. The highest BCUT2D eigenvalue weighted by atomic mass is 79.9. The molecule has 0 amide bonds. The number of aromatic nitrogens is 1. The Bertz CT molecular complexity index is 669. The first-order chi connectivity index (χ1) is 7.54. The summed E-state index contributed by atoms with van der Waals surface area (Å²) in [6.45, 7) is 4.17. The molecule has 0 N–H and O–H groups in total. The average Bonchev–Trinajstić information content (AvgIpc) is 2.20. The van der Waals surface area contributed by atoms with Crippen molar-refractivity contribution in [3.63, 3.8) is 0 Å². The predicted octanol–water partition coefficient (Wildman–Crippen LogP) is 2.05. The Hall–Kier alpha value is -1.36. The van der Waals surface area contributed by atoms with Crippen LogP contribution >= 0.6 is 15.9 Å². The van der Waals surface area contributed by atoms with Crippen molar-refractivity contribution < 1.29 is 4.42 Å². The summed E-state index contributed by atoms with van der Waals surface area (Å²) in [6.07, 6.45) is 0. The van der Waals surface area contributed by atoms with Crippen LogP contribution in [0, 0.1) is 6.92 Å². The van der Waals surface area contributed by atoms with Crippen LogP contribution in [0.3, 0.4) is 0 Å². The molecule has 0 spiro atoms. The molecular weight excluding hydrogens is 274 g/mol. The van der Waals surface area contributed by atoms with E-state index < -0.39 is 11.4 Å². The third kappa shape index (κ3) is 1.61. The highest BCUT2D eigenvalue weighted by Crippen LogP contribution is 2.20. The number of benzene rings is 1. The van der Waals surface area contributed by atoms with Crippen molar-refractivity contribution in [2.75, 3.05) is 0 Å². The van der Waals surface area contributed by atoms with Gasteiger partial charge in [0.1, 0.15) is 0 Å². The van der Waals surface area contributed by atoms with Crippen LogP contribution in [0.25, 0.3) is 10.9 Å². The summed E-state index contributed by atoms with van der Waals surface area (Å²) >= 11 is 3.31. The first-order valence-electron chi connectivity index (χ1n) is 4.88. The quantitative estimate of drug-likeness (QED) is 0.805. The second-order valence-corrected chi connectivity index (χ2v) is 4.43. The van der Waals surface area contributed by atoms with E-state index in [9.17, 15) is 9.59 Å². The minimum atomic E-state index is -0.606. The number of aryl methyl sites for hydroxylation is 2. The molecule has 5 heteroatoms. The van der Waals surface area contributed by atoms with Crippen molar-refractivity contribution in [1.82, 2.24) is 4.57 Å². The summed E-state index contributed by atoms with van der Waals surface area (Å²) < 4.78 is 6.91. The monoisotopic (exact) mass is 283 g/mol. The van der Waals surface area contributed by atoms with E-state index in [4.69, 9.17) is 0 Å². The molecule has 84 valence electrons. The largest absolute Gasteiger partial charge is 0.422 e. The summed E-state index contributed by atoms with van der Waals surface area (Å²) in [5.41, 5.74) is 0.928. The third-order valence-electron chi connectivity index (χ3n) is 2.47. The Morgan fingerprint density at radius 1 is 1.38 bits per heavy atom. The van der Waals surface area contributed by atoms with Gasteiger partial charge in [-0.1, -0.05) is 15.9 Å². The summed E-state index contributed by atoms with van der Waals surface area (Å²) in [4.78, 5) is 23.1. The molecule has 0 saturated carbocycles. The Labute approximate surface area is 99.6 Å². The van der Waals surface area contributed by atoms with E-state index in [-0.39, 0.29) is 0 Å².